The number of amides is 1. The predicted octanol–water partition coefficient (Wildman–Crippen LogP) is 2.51. The van der Waals surface area contributed by atoms with Gasteiger partial charge in [-0.3, -0.25) is 4.79 Å². The number of nitrogens with zero attached hydrogens (tertiary/aromatic N) is 2. The van der Waals surface area contributed by atoms with Gasteiger partial charge in [0.15, 0.2) is 0 Å². The van der Waals surface area contributed by atoms with Crippen LogP contribution >= 0.6 is 11.6 Å². The minimum absolute atomic E-state index is 0.00674. The summed E-state index contributed by atoms with van der Waals surface area (Å²) in [5.41, 5.74) is 0.364. The topological polar surface area (TPSA) is 104 Å². The second kappa shape index (κ2) is 9.52. The lowest BCUT2D eigenvalue weighted by Crippen LogP contribution is -2.42. The van der Waals surface area contributed by atoms with Crippen molar-refractivity contribution >= 4 is 43.2 Å². The number of rotatable bonds is 6. The largest absolute Gasteiger partial charge is 0.326 e. The van der Waals surface area contributed by atoms with Crippen LogP contribution in [-0.2, 0) is 24.8 Å². The lowest BCUT2D eigenvalue weighted by molar-refractivity contribution is -0.120. The highest BCUT2D eigenvalue weighted by molar-refractivity contribution is 7.89. The summed E-state index contributed by atoms with van der Waals surface area (Å²) in [7, 11) is -6.98. The van der Waals surface area contributed by atoms with Gasteiger partial charge in [0.05, 0.1) is 10.8 Å². The molecule has 3 rings (SSSR count). The summed E-state index contributed by atoms with van der Waals surface area (Å²) >= 11 is 6.18. The van der Waals surface area contributed by atoms with Gasteiger partial charge in [-0.05, 0) is 50.8 Å². The first-order chi connectivity index (χ1) is 14.1. The first-order valence-corrected chi connectivity index (χ1v) is 13.7. The molecule has 0 atom stereocenters. The monoisotopic (exact) mass is 477 g/mol. The molecule has 0 spiro atoms. The van der Waals surface area contributed by atoms with Crippen molar-refractivity contribution in [2.45, 2.75) is 43.9 Å². The van der Waals surface area contributed by atoms with Crippen molar-refractivity contribution in [3.8, 4) is 0 Å². The molecule has 1 aromatic carbocycles. The number of hydrogen-bond acceptors (Lipinski definition) is 5. The molecule has 0 aliphatic carbocycles. The number of hydrogen-bond donors (Lipinski definition) is 1. The van der Waals surface area contributed by atoms with Crippen LogP contribution in [0, 0.1) is 5.92 Å². The molecule has 0 radical (unpaired) electrons. The van der Waals surface area contributed by atoms with Crippen molar-refractivity contribution in [3.05, 3.63) is 23.2 Å². The Balaban J connectivity index is 1.69. The van der Waals surface area contributed by atoms with Crippen LogP contribution in [0.25, 0.3) is 0 Å². The first-order valence-electron chi connectivity index (χ1n) is 10.2. The van der Waals surface area contributed by atoms with E-state index >= 15 is 0 Å². The van der Waals surface area contributed by atoms with E-state index in [0.717, 1.165) is 19.3 Å². The molecule has 2 aliphatic heterocycles. The summed E-state index contributed by atoms with van der Waals surface area (Å²) < 4.78 is 52.7. The number of carbonyl (C=O) groups excluding carboxylic acids is 1. The standard InChI is InChI=1S/C19H28ClN3O5S2/c1-2-29(25,26)22-12-8-15(9-13-22)19(24)21-16-6-7-17(20)18(14-16)30(27,28)23-10-4-3-5-11-23/h6-7,14-15H,2-5,8-13H2,1H3,(H,21,24). The summed E-state index contributed by atoms with van der Waals surface area (Å²) in [4.78, 5) is 12.7. The maximum atomic E-state index is 13.0. The average Bonchev–Trinajstić information content (AvgIpc) is 2.75. The van der Waals surface area contributed by atoms with E-state index in [9.17, 15) is 21.6 Å². The third-order valence-electron chi connectivity index (χ3n) is 5.71. The second-order valence-corrected chi connectivity index (χ2v) is 12.2. The molecule has 0 unspecified atom stereocenters. The van der Waals surface area contributed by atoms with Crippen LogP contribution in [0.2, 0.25) is 5.02 Å². The van der Waals surface area contributed by atoms with Gasteiger partial charge in [0.1, 0.15) is 4.90 Å². The fourth-order valence-electron chi connectivity index (χ4n) is 3.85. The highest BCUT2D eigenvalue weighted by Crippen LogP contribution is 2.30. The maximum Gasteiger partial charge on any atom is 0.244 e. The zero-order valence-corrected chi connectivity index (χ0v) is 19.4. The van der Waals surface area contributed by atoms with Gasteiger partial charge in [-0.25, -0.2) is 21.1 Å². The molecule has 1 N–H and O–H groups in total. The van der Waals surface area contributed by atoms with Crippen molar-refractivity contribution in [2.75, 3.05) is 37.2 Å². The zero-order valence-electron chi connectivity index (χ0n) is 17.0. The Hall–Kier alpha value is -1.20. The quantitative estimate of drug-likeness (QED) is 0.677. The molecular formula is C19H28ClN3O5S2. The molecule has 0 saturated carbocycles. The van der Waals surface area contributed by atoms with Crippen molar-refractivity contribution in [1.82, 2.24) is 8.61 Å². The Morgan fingerprint density at radius 2 is 1.67 bits per heavy atom. The van der Waals surface area contributed by atoms with E-state index in [1.165, 1.54) is 20.7 Å². The summed E-state index contributed by atoms with van der Waals surface area (Å²) in [5.74, 6) is -0.526. The average molecular weight is 478 g/mol. The van der Waals surface area contributed by atoms with Gasteiger partial charge in [0.25, 0.3) is 0 Å². The van der Waals surface area contributed by atoms with Crippen LogP contribution < -0.4 is 5.32 Å². The Bertz CT molecular complexity index is 983. The van der Waals surface area contributed by atoms with Gasteiger partial charge in [-0.15, -0.1) is 0 Å². The molecule has 2 heterocycles. The first kappa shape index (κ1) is 23.5. The third kappa shape index (κ3) is 5.16. The van der Waals surface area contributed by atoms with Crippen molar-refractivity contribution in [2.24, 2.45) is 5.92 Å². The molecule has 8 nitrogen and oxygen atoms in total. The van der Waals surface area contributed by atoms with E-state index in [4.69, 9.17) is 11.6 Å². The predicted molar refractivity (Wildman–Crippen MR) is 116 cm³/mol. The van der Waals surface area contributed by atoms with E-state index in [2.05, 4.69) is 5.32 Å². The number of halogens is 1. The van der Waals surface area contributed by atoms with Crippen molar-refractivity contribution in [1.29, 1.82) is 0 Å². The van der Waals surface area contributed by atoms with Crippen molar-refractivity contribution in [3.63, 3.8) is 0 Å². The van der Waals surface area contributed by atoms with E-state index in [-0.39, 0.29) is 27.5 Å². The van der Waals surface area contributed by atoms with Crippen LogP contribution in [0.5, 0.6) is 0 Å². The second-order valence-electron chi connectivity index (χ2n) is 7.67. The molecular weight excluding hydrogens is 450 g/mol. The van der Waals surface area contributed by atoms with Gasteiger partial charge >= 0.3 is 0 Å². The molecule has 11 heteroatoms. The van der Waals surface area contributed by atoms with Crippen LogP contribution in [-0.4, -0.2) is 63.3 Å². The fourth-order valence-corrected chi connectivity index (χ4v) is 7.00. The summed E-state index contributed by atoms with van der Waals surface area (Å²) in [6, 6.07) is 4.46. The van der Waals surface area contributed by atoms with Crippen LogP contribution in [0.3, 0.4) is 0 Å². The van der Waals surface area contributed by atoms with Crippen LogP contribution in [0.4, 0.5) is 5.69 Å². The van der Waals surface area contributed by atoms with Crippen LogP contribution in [0.15, 0.2) is 23.1 Å². The number of anilines is 1. The summed E-state index contributed by atoms with van der Waals surface area (Å²) in [6.07, 6.45) is 3.50. The molecule has 2 fully saturated rings. The number of carbonyl (C=O) groups is 1. The van der Waals surface area contributed by atoms with E-state index < -0.39 is 20.0 Å². The molecule has 1 amide bonds. The van der Waals surface area contributed by atoms with E-state index in [1.807, 2.05) is 0 Å². The Kier molecular flexibility index (Phi) is 7.44. The molecule has 2 aliphatic rings. The number of benzene rings is 1. The van der Waals surface area contributed by atoms with Crippen LogP contribution in [0.1, 0.15) is 39.0 Å². The van der Waals surface area contributed by atoms with Gasteiger partial charge in [0, 0.05) is 37.8 Å². The molecule has 0 bridgehead atoms. The summed E-state index contributed by atoms with van der Waals surface area (Å²) in [5, 5.41) is 2.90. The summed E-state index contributed by atoms with van der Waals surface area (Å²) in [6.45, 7) is 3.15. The third-order valence-corrected chi connectivity index (χ3v) is 9.98. The Morgan fingerprint density at radius 1 is 1.03 bits per heavy atom. The van der Waals surface area contributed by atoms with Gasteiger partial charge < -0.3 is 5.32 Å². The highest BCUT2D eigenvalue weighted by atomic mass is 35.5. The number of nitrogens with one attached hydrogen (secondary N) is 1. The van der Waals surface area contributed by atoms with Gasteiger partial charge in [-0.1, -0.05) is 18.0 Å². The molecule has 2 saturated heterocycles. The molecule has 30 heavy (non-hydrogen) atoms. The normalized spacial score (nSPS) is 20.2. The molecule has 1 aromatic rings. The smallest absolute Gasteiger partial charge is 0.244 e. The molecule has 0 aromatic heterocycles. The lowest BCUT2D eigenvalue weighted by atomic mass is 9.97. The van der Waals surface area contributed by atoms with E-state index in [0.29, 0.717) is 44.7 Å². The minimum Gasteiger partial charge on any atom is -0.326 e. The van der Waals surface area contributed by atoms with Crippen molar-refractivity contribution < 1.29 is 21.6 Å². The number of sulfonamides is 2. The molecule has 168 valence electrons. The Morgan fingerprint density at radius 3 is 2.27 bits per heavy atom. The minimum atomic E-state index is -3.73. The fraction of sp³-hybridized carbons (Fsp3) is 0.632. The van der Waals surface area contributed by atoms with E-state index in [1.54, 1.807) is 13.0 Å². The van der Waals surface area contributed by atoms with Gasteiger partial charge in [-0.2, -0.15) is 4.31 Å². The Labute approximate surface area is 183 Å². The lowest BCUT2D eigenvalue weighted by Gasteiger charge is -2.30. The zero-order chi connectivity index (χ0) is 21.9. The highest BCUT2D eigenvalue weighted by Gasteiger charge is 2.31. The number of piperidine rings is 2. The maximum absolute atomic E-state index is 13.0. The SMILES string of the molecule is CCS(=O)(=O)N1CCC(C(=O)Nc2ccc(Cl)c(S(=O)(=O)N3CCCCC3)c2)CC1. The van der Waals surface area contributed by atoms with Gasteiger partial charge in [0.2, 0.25) is 26.0 Å².